The Morgan fingerprint density at radius 3 is 3.06 bits per heavy atom. The van der Waals surface area contributed by atoms with Crippen molar-refractivity contribution in [2.45, 2.75) is 38.3 Å². The van der Waals surface area contributed by atoms with Crippen LogP contribution in [-0.2, 0) is 6.54 Å². The summed E-state index contributed by atoms with van der Waals surface area (Å²) >= 11 is 0. The van der Waals surface area contributed by atoms with E-state index in [4.69, 9.17) is 10.5 Å². The van der Waals surface area contributed by atoms with Crippen molar-refractivity contribution < 1.29 is 4.74 Å². The highest BCUT2D eigenvalue weighted by molar-refractivity contribution is 5.28. The van der Waals surface area contributed by atoms with Gasteiger partial charge in [-0.1, -0.05) is 18.6 Å². The molecule has 100 valence electrons. The number of nitrogens with two attached hydrogens (primary N) is 1. The minimum atomic E-state index is 0.662. The summed E-state index contributed by atoms with van der Waals surface area (Å²) in [4.78, 5) is 2.57. The Kier molecular flexibility index (Phi) is 5.02. The first-order valence-corrected chi connectivity index (χ1v) is 6.90. The van der Waals surface area contributed by atoms with Gasteiger partial charge in [0, 0.05) is 12.6 Å². The predicted octanol–water partition coefficient (Wildman–Crippen LogP) is 2.40. The molecule has 0 amide bonds. The molecule has 1 aliphatic heterocycles. The molecule has 0 saturated carbocycles. The molecular weight excluding hydrogens is 224 g/mol. The molecule has 0 bridgehead atoms. The van der Waals surface area contributed by atoms with E-state index < -0.39 is 0 Å². The van der Waals surface area contributed by atoms with Gasteiger partial charge in [-0.2, -0.15) is 0 Å². The van der Waals surface area contributed by atoms with E-state index in [0.717, 1.165) is 25.3 Å². The molecule has 3 nitrogen and oxygen atoms in total. The number of hydrogen-bond acceptors (Lipinski definition) is 3. The highest BCUT2D eigenvalue weighted by Crippen LogP contribution is 2.22. The maximum absolute atomic E-state index is 5.71. The van der Waals surface area contributed by atoms with Crippen LogP contribution in [0.4, 0.5) is 0 Å². The third-order valence-electron chi connectivity index (χ3n) is 3.77. The largest absolute Gasteiger partial charge is 0.497 e. The molecule has 1 aliphatic rings. The van der Waals surface area contributed by atoms with Gasteiger partial charge in [-0.25, -0.2) is 0 Å². The van der Waals surface area contributed by atoms with Gasteiger partial charge >= 0.3 is 0 Å². The van der Waals surface area contributed by atoms with E-state index in [-0.39, 0.29) is 0 Å². The van der Waals surface area contributed by atoms with Crippen molar-refractivity contribution in [1.82, 2.24) is 4.90 Å². The highest BCUT2D eigenvalue weighted by atomic mass is 16.5. The van der Waals surface area contributed by atoms with Gasteiger partial charge < -0.3 is 10.5 Å². The van der Waals surface area contributed by atoms with Crippen LogP contribution in [0.3, 0.4) is 0 Å². The van der Waals surface area contributed by atoms with E-state index >= 15 is 0 Å². The van der Waals surface area contributed by atoms with E-state index in [1.165, 1.54) is 31.4 Å². The predicted molar refractivity (Wildman–Crippen MR) is 74.7 cm³/mol. The summed E-state index contributed by atoms with van der Waals surface area (Å²) < 4.78 is 5.28. The van der Waals surface area contributed by atoms with Gasteiger partial charge in [-0.15, -0.1) is 0 Å². The van der Waals surface area contributed by atoms with Crippen LogP contribution in [0.1, 0.15) is 31.2 Å². The number of likely N-dealkylation sites (tertiary alicyclic amines) is 1. The molecule has 2 N–H and O–H groups in total. The SMILES string of the molecule is COc1cccc(CN2CCCCC2CCN)c1. The number of rotatable bonds is 5. The normalized spacial score (nSPS) is 20.9. The van der Waals surface area contributed by atoms with Crippen LogP contribution in [0.25, 0.3) is 0 Å². The van der Waals surface area contributed by atoms with Crippen LogP contribution >= 0.6 is 0 Å². The van der Waals surface area contributed by atoms with E-state index in [1.807, 2.05) is 6.07 Å². The van der Waals surface area contributed by atoms with Gasteiger partial charge in [0.1, 0.15) is 5.75 Å². The Labute approximate surface area is 110 Å². The number of benzene rings is 1. The van der Waals surface area contributed by atoms with Crippen molar-refractivity contribution in [3.63, 3.8) is 0 Å². The van der Waals surface area contributed by atoms with Gasteiger partial charge in [0.25, 0.3) is 0 Å². The van der Waals surface area contributed by atoms with Crippen LogP contribution in [0, 0.1) is 0 Å². The summed E-state index contributed by atoms with van der Waals surface area (Å²) in [5, 5.41) is 0. The molecule has 18 heavy (non-hydrogen) atoms. The minimum Gasteiger partial charge on any atom is -0.497 e. The van der Waals surface area contributed by atoms with E-state index in [2.05, 4.69) is 23.1 Å². The Morgan fingerprint density at radius 2 is 2.28 bits per heavy atom. The summed E-state index contributed by atoms with van der Waals surface area (Å²) in [5.41, 5.74) is 7.05. The number of nitrogens with zero attached hydrogens (tertiary/aromatic N) is 1. The zero-order chi connectivity index (χ0) is 12.8. The molecular formula is C15H24N2O. The maximum atomic E-state index is 5.71. The molecule has 1 unspecified atom stereocenters. The first kappa shape index (κ1) is 13.4. The van der Waals surface area contributed by atoms with Crippen LogP contribution < -0.4 is 10.5 Å². The molecule has 3 heteroatoms. The standard InChI is InChI=1S/C15H24N2O/c1-18-15-7-4-5-13(11-15)12-17-10-3-2-6-14(17)8-9-16/h4-5,7,11,14H,2-3,6,8-10,12,16H2,1H3. The third kappa shape index (κ3) is 3.47. The fraction of sp³-hybridized carbons (Fsp3) is 0.600. The van der Waals surface area contributed by atoms with Crippen molar-refractivity contribution in [3.8, 4) is 5.75 Å². The first-order valence-electron chi connectivity index (χ1n) is 6.90. The minimum absolute atomic E-state index is 0.662. The summed E-state index contributed by atoms with van der Waals surface area (Å²) in [6.45, 7) is 3.00. The quantitative estimate of drug-likeness (QED) is 0.869. The summed E-state index contributed by atoms with van der Waals surface area (Å²) in [6.07, 6.45) is 5.06. The molecule has 0 aliphatic carbocycles. The van der Waals surface area contributed by atoms with Gasteiger partial charge in [-0.3, -0.25) is 4.90 Å². The van der Waals surface area contributed by atoms with Crippen molar-refractivity contribution in [3.05, 3.63) is 29.8 Å². The van der Waals surface area contributed by atoms with Crippen LogP contribution in [0.5, 0.6) is 5.75 Å². The van der Waals surface area contributed by atoms with Crippen molar-refractivity contribution >= 4 is 0 Å². The summed E-state index contributed by atoms with van der Waals surface area (Å²) in [7, 11) is 1.72. The van der Waals surface area contributed by atoms with Gasteiger partial charge in [0.2, 0.25) is 0 Å². The zero-order valence-corrected chi connectivity index (χ0v) is 11.3. The number of methoxy groups -OCH3 is 1. The average Bonchev–Trinajstić information content (AvgIpc) is 2.41. The summed E-state index contributed by atoms with van der Waals surface area (Å²) in [5.74, 6) is 0.944. The van der Waals surface area contributed by atoms with Crippen molar-refractivity contribution in [2.75, 3.05) is 20.2 Å². The fourth-order valence-corrected chi connectivity index (χ4v) is 2.79. The monoisotopic (exact) mass is 248 g/mol. The maximum Gasteiger partial charge on any atom is 0.119 e. The van der Waals surface area contributed by atoms with Crippen LogP contribution in [0.15, 0.2) is 24.3 Å². The third-order valence-corrected chi connectivity index (χ3v) is 3.77. The summed E-state index contributed by atoms with van der Waals surface area (Å²) in [6, 6.07) is 9.03. The second-order valence-corrected chi connectivity index (χ2v) is 5.05. The Morgan fingerprint density at radius 1 is 1.39 bits per heavy atom. The topological polar surface area (TPSA) is 38.5 Å². The number of hydrogen-bond donors (Lipinski definition) is 1. The van der Waals surface area contributed by atoms with Gasteiger partial charge in [0.15, 0.2) is 0 Å². The molecule has 0 spiro atoms. The molecule has 0 aromatic heterocycles. The molecule has 0 radical (unpaired) electrons. The van der Waals surface area contributed by atoms with Crippen molar-refractivity contribution in [1.29, 1.82) is 0 Å². The van der Waals surface area contributed by atoms with Crippen molar-refractivity contribution in [2.24, 2.45) is 5.73 Å². The van der Waals surface area contributed by atoms with Gasteiger partial charge in [-0.05, 0) is 50.0 Å². The van der Waals surface area contributed by atoms with Crippen LogP contribution in [0.2, 0.25) is 0 Å². The van der Waals surface area contributed by atoms with Crippen LogP contribution in [-0.4, -0.2) is 31.1 Å². The molecule has 1 saturated heterocycles. The number of piperidine rings is 1. The lowest BCUT2D eigenvalue weighted by Gasteiger charge is -2.35. The average molecular weight is 248 g/mol. The Bertz CT molecular complexity index is 365. The van der Waals surface area contributed by atoms with E-state index in [9.17, 15) is 0 Å². The lowest BCUT2D eigenvalue weighted by atomic mass is 9.98. The fourth-order valence-electron chi connectivity index (χ4n) is 2.79. The first-order chi connectivity index (χ1) is 8.83. The Balaban J connectivity index is 2.01. The second-order valence-electron chi connectivity index (χ2n) is 5.05. The molecule has 1 atom stereocenters. The molecule has 1 aromatic rings. The molecule has 1 fully saturated rings. The molecule has 1 aromatic carbocycles. The smallest absolute Gasteiger partial charge is 0.119 e. The Hall–Kier alpha value is -1.06. The second kappa shape index (κ2) is 6.76. The highest BCUT2D eigenvalue weighted by Gasteiger charge is 2.21. The zero-order valence-electron chi connectivity index (χ0n) is 11.3. The van der Waals surface area contributed by atoms with E-state index in [1.54, 1.807) is 7.11 Å². The van der Waals surface area contributed by atoms with E-state index in [0.29, 0.717) is 6.04 Å². The number of ether oxygens (including phenoxy) is 1. The van der Waals surface area contributed by atoms with Gasteiger partial charge in [0.05, 0.1) is 7.11 Å². The lowest BCUT2D eigenvalue weighted by Crippen LogP contribution is -2.40. The lowest BCUT2D eigenvalue weighted by molar-refractivity contribution is 0.134. The molecule has 2 rings (SSSR count). The molecule has 1 heterocycles.